The van der Waals surface area contributed by atoms with Crippen molar-refractivity contribution in [1.29, 1.82) is 5.26 Å². The lowest BCUT2D eigenvalue weighted by molar-refractivity contribution is -0.134. The molecular weight excluding hydrogens is 455 g/mol. The topological polar surface area (TPSA) is 65.2 Å². The summed E-state index contributed by atoms with van der Waals surface area (Å²) in [5.41, 5.74) is 5.87. The second-order valence-electron chi connectivity index (χ2n) is 9.63. The number of likely N-dealkylation sites (tertiary alicyclic amines) is 1. The van der Waals surface area contributed by atoms with Gasteiger partial charge in [0.25, 0.3) is 5.91 Å². The van der Waals surface area contributed by atoms with Crippen molar-refractivity contribution in [2.45, 2.75) is 57.8 Å². The summed E-state index contributed by atoms with van der Waals surface area (Å²) in [6, 6.07) is 6.41. The number of alkyl halides is 3. The van der Waals surface area contributed by atoms with E-state index in [0.717, 1.165) is 43.6 Å². The van der Waals surface area contributed by atoms with Gasteiger partial charge in [0.2, 0.25) is 0 Å². The molecular formula is C26H30F3N5O. The van der Waals surface area contributed by atoms with Crippen LogP contribution in [0.4, 0.5) is 13.2 Å². The molecule has 2 aromatic rings. The number of hydrogen-bond acceptors (Lipinski definition) is 4. The Kier molecular flexibility index (Phi) is 7.04. The van der Waals surface area contributed by atoms with Crippen LogP contribution in [-0.2, 0) is 19.4 Å². The molecule has 35 heavy (non-hydrogen) atoms. The summed E-state index contributed by atoms with van der Waals surface area (Å²) in [5.74, 6) is 0.0669. The number of aromatic nitrogens is 2. The van der Waals surface area contributed by atoms with Crippen molar-refractivity contribution >= 4 is 12.0 Å². The van der Waals surface area contributed by atoms with E-state index in [9.17, 15) is 23.2 Å². The zero-order valence-corrected chi connectivity index (χ0v) is 20.3. The summed E-state index contributed by atoms with van der Waals surface area (Å²) in [4.78, 5) is 20.7. The molecule has 0 bridgehead atoms. The Morgan fingerprint density at radius 3 is 2.60 bits per heavy atom. The predicted molar refractivity (Wildman–Crippen MR) is 127 cm³/mol. The smallest absolute Gasteiger partial charge is 0.343 e. The van der Waals surface area contributed by atoms with E-state index in [-0.39, 0.29) is 18.4 Å². The van der Waals surface area contributed by atoms with Crippen molar-refractivity contribution in [3.8, 4) is 6.07 Å². The number of piperidine rings is 1. The third-order valence-corrected chi connectivity index (χ3v) is 7.01. The molecule has 1 aromatic heterocycles. The van der Waals surface area contributed by atoms with Gasteiger partial charge in [-0.2, -0.15) is 18.4 Å². The van der Waals surface area contributed by atoms with Gasteiger partial charge < -0.3 is 9.47 Å². The maximum Gasteiger partial charge on any atom is 0.389 e. The number of halogens is 3. The molecule has 1 aliphatic carbocycles. The van der Waals surface area contributed by atoms with Crippen LogP contribution in [0.2, 0.25) is 0 Å². The van der Waals surface area contributed by atoms with Crippen LogP contribution in [0.25, 0.3) is 6.08 Å². The standard InChI is InChI=1S/C26H30F3N5O/c1-17-20(5-4-19-12-18(14-30)13-22(17)19)16-33-10-7-21(8-11-33)34-23(25(35)32(2)3)15-31-24(34)6-9-26(27,28)29/h4-5,13,15,21H,6-12,16H2,1-3H3. The second-order valence-corrected chi connectivity index (χ2v) is 9.63. The molecule has 1 saturated heterocycles. The Balaban J connectivity index is 1.48. The SMILES string of the molecule is Cc1c(CN2CCC(n3c(C(=O)N(C)C)cnc3CCC(F)(F)F)CC2)ccc2c1C=C(C#N)C2. The highest BCUT2D eigenvalue weighted by Crippen LogP contribution is 2.32. The molecule has 1 aromatic carbocycles. The summed E-state index contributed by atoms with van der Waals surface area (Å²) in [6.45, 7) is 4.41. The van der Waals surface area contributed by atoms with E-state index in [4.69, 9.17) is 0 Å². The minimum Gasteiger partial charge on any atom is -0.343 e. The van der Waals surface area contributed by atoms with Gasteiger partial charge in [0.1, 0.15) is 11.5 Å². The number of amides is 1. The second kappa shape index (κ2) is 9.86. The van der Waals surface area contributed by atoms with Gasteiger partial charge in [0.15, 0.2) is 0 Å². The zero-order chi connectivity index (χ0) is 25.3. The number of hydrogen-bond donors (Lipinski definition) is 0. The lowest BCUT2D eigenvalue weighted by atomic mass is 9.97. The van der Waals surface area contributed by atoms with Crippen molar-refractivity contribution in [3.05, 3.63) is 57.7 Å². The average Bonchev–Trinajstić information content (AvgIpc) is 3.43. The molecule has 186 valence electrons. The Labute approximate surface area is 203 Å². The number of carbonyl (C=O) groups excluding carboxylic acids is 1. The number of benzene rings is 1. The van der Waals surface area contributed by atoms with E-state index in [1.54, 1.807) is 18.7 Å². The van der Waals surface area contributed by atoms with Crippen LogP contribution >= 0.6 is 0 Å². The number of rotatable bonds is 6. The summed E-state index contributed by atoms with van der Waals surface area (Å²) < 4.78 is 40.4. The molecule has 0 atom stereocenters. The first kappa shape index (κ1) is 25.0. The third-order valence-electron chi connectivity index (χ3n) is 7.01. The van der Waals surface area contributed by atoms with Gasteiger partial charge in [0, 0.05) is 58.2 Å². The summed E-state index contributed by atoms with van der Waals surface area (Å²) in [5, 5.41) is 9.23. The molecule has 1 fully saturated rings. The molecule has 1 amide bonds. The predicted octanol–water partition coefficient (Wildman–Crippen LogP) is 4.69. The van der Waals surface area contributed by atoms with Crippen molar-refractivity contribution in [2.24, 2.45) is 0 Å². The van der Waals surface area contributed by atoms with Crippen LogP contribution in [0.15, 0.2) is 23.9 Å². The molecule has 0 radical (unpaired) electrons. The average molecular weight is 486 g/mol. The number of aryl methyl sites for hydroxylation is 1. The number of fused-ring (bicyclic) bond motifs is 1. The van der Waals surface area contributed by atoms with Crippen molar-refractivity contribution in [1.82, 2.24) is 19.4 Å². The number of nitrogens with zero attached hydrogens (tertiary/aromatic N) is 5. The van der Waals surface area contributed by atoms with E-state index >= 15 is 0 Å². The van der Waals surface area contributed by atoms with E-state index in [1.165, 1.54) is 27.8 Å². The highest BCUT2D eigenvalue weighted by Gasteiger charge is 2.31. The van der Waals surface area contributed by atoms with Crippen molar-refractivity contribution < 1.29 is 18.0 Å². The van der Waals surface area contributed by atoms with Crippen LogP contribution in [0.1, 0.15) is 63.9 Å². The van der Waals surface area contributed by atoms with E-state index < -0.39 is 12.6 Å². The van der Waals surface area contributed by atoms with Crippen molar-refractivity contribution in [3.63, 3.8) is 0 Å². The lowest BCUT2D eigenvalue weighted by Gasteiger charge is -2.34. The summed E-state index contributed by atoms with van der Waals surface area (Å²) in [6.07, 6.45) is 0.0608. The first-order valence-corrected chi connectivity index (χ1v) is 11.9. The summed E-state index contributed by atoms with van der Waals surface area (Å²) >= 11 is 0. The highest BCUT2D eigenvalue weighted by atomic mass is 19.4. The van der Waals surface area contributed by atoms with Crippen molar-refractivity contribution in [2.75, 3.05) is 27.2 Å². The van der Waals surface area contributed by atoms with Gasteiger partial charge in [0.05, 0.1) is 18.7 Å². The van der Waals surface area contributed by atoms with Crippen LogP contribution in [0.3, 0.4) is 0 Å². The van der Waals surface area contributed by atoms with Gasteiger partial charge in [-0.15, -0.1) is 0 Å². The Bertz CT molecular complexity index is 1180. The maximum atomic E-state index is 12.9. The van der Waals surface area contributed by atoms with Gasteiger partial charge >= 0.3 is 6.18 Å². The number of nitriles is 1. The Morgan fingerprint density at radius 2 is 1.97 bits per heavy atom. The first-order chi connectivity index (χ1) is 16.6. The Morgan fingerprint density at radius 1 is 1.26 bits per heavy atom. The van der Waals surface area contributed by atoms with Gasteiger partial charge in [-0.05, 0) is 48.1 Å². The molecule has 1 aliphatic heterocycles. The van der Waals surface area contributed by atoms with Crippen LogP contribution < -0.4 is 0 Å². The van der Waals surface area contributed by atoms with Crippen LogP contribution in [0, 0.1) is 18.3 Å². The largest absolute Gasteiger partial charge is 0.389 e. The minimum atomic E-state index is -4.28. The van der Waals surface area contributed by atoms with E-state index in [1.807, 2.05) is 6.08 Å². The lowest BCUT2D eigenvalue weighted by Crippen LogP contribution is -2.36. The van der Waals surface area contributed by atoms with Gasteiger partial charge in [-0.25, -0.2) is 4.98 Å². The maximum absolute atomic E-state index is 12.9. The number of carbonyl (C=O) groups is 1. The van der Waals surface area contributed by atoms with E-state index in [2.05, 4.69) is 35.0 Å². The number of allylic oxidation sites excluding steroid dienone is 1. The molecule has 6 nitrogen and oxygen atoms in total. The first-order valence-electron chi connectivity index (χ1n) is 11.9. The molecule has 0 saturated carbocycles. The minimum absolute atomic E-state index is 0.0712. The van der Waals surface area contributed by atoms with Crippen LogP contribution in [0.5, 0.6) is 0 Å². The molecule has 9 heteroatoms. The Hall–Kier alpha value is -3.12. The van der Waals surface area contributed by atoms with E-state index in [0.29, 0.717) is 17.9 Å². The van der Waals surface area contributed by atoms with Gasteiger partial charge in [-0.3, -0.25) is 9.69 Å². The molecule has 0 N–H and O–H groups in total. The molecule has 2 heterocycles. The molecule has 4 rings (SSSR count). The monoisotopic (exact) mass is 485 g/mol. The molecule has 0 unspecified atom stereocenters. The third kappa shape index (κ3) is 5.43. The van der Waals surface area contributed by atoms with Gasteiger partial charge in [-0.1, -0.05) is 12.1 Å². The fourth-order valence-corrected chi connectivity index (χ4v) is 5.07. The highest BCUT2D eigenvalue weighted by molar-refractivity contribution is 5.92. The zero-order valence-electron chi connectivity index (χ0n) is 20.3. The fraction of sp³-hybridized carbons (Fsp3) is 0.500. The normalized spacial score (nSPS) is 16.7. The molecule has 0 spiro atoms. The summed E-state index contributed by atoms with van der Waals surface area (Å²) in [7, 11) is 3.26. The van der Waals surface area contributed by atoms with Crippen LogP contribution in [-0.4, -0.2) is 58.6 Å². The quantitative estimate of drug-likeness (QED) is 0.596. The number of imidazole rings is 1. The molecule has 2 aliphatic rings. The fourth-order valence-electron chi connectivity index (χ4n) is 5.07.